The summed E-state index contributed by atoms with van der Waals surface area (Å²) in [5.74, 6) is -3.31. The van der Waals surface area contributed by atoms with Crippen LogP contribution in [0.4, 0.5) is 17.6 Å². The van der Waals surface area contributed by atoms with Gasteiger partial charge in [0.1, 0.15) is 11.9 Å². The summed E-state index contributed by atoms with van der Waals surface area (Å²) in [6, 6.07) is 19.0. The molecule has 0 saturated heterocycles. The normalized spacial score (nSPS) is 12.2. The number of hydrogen-bond donors (Lipinski definition) is 2. The molecule has 1 heterocycles. The first-order valence-corrected chi connectivity index (χ1v) is 10.7. The van der Waals surface area contributed by atoms with Gasteiger partial charge in [0.05, 0.1) is 17.4 Å². The van der Waals surface area contributed by atoms with Gasteiger partial charge in [0.15, 0.2) is 5.69 Å². The van der Waals surface area contributed by atoms with Crippen molar-refractivity contribution in [1.29, 1.82) is 0 Å². The highest BCUT2D eigenvalue weighted by Crippen LogP contribution is 2.33. The van der Waals surface area contributed by atoms with Crippen LogP contribution in [0.5, 0.6) is 0 Å². The lowest BCUT2D eigenvalue weighted by Gasteiger charge is -2.16. The van der Waals surface area contributed by atoms with Crippen LogP contribution in [0.1, 0.15) is 21.6 Å². The second-order valence-electron chi connectivity index (χ2n) is 7.92. The summed E-state index contributed by atoms with van der Waals surface area (Å²) in [4.78, 5) is 24.6. The van der Waals surface area contributed by atoms with Gasteiger partial charge in [-0.3, -0.25) is 4.79 Å². The molecule has 1 unspecified atom stereocenters. The van der Waals surface area contributed by atoms with Crippen molar-refractivity contribution in [3.63, 3.8) is 0 Å². The van der Waals surface area contributed by atoms with Crippen LogP contribution in [0.3, 0.4) is 0 Å². The molecule has 4 rings (SSSR count). The zero-order valence-corrected chi connectivity index (χ0v) is 18.5. The smallest absolute Gasteiger partial charge is 0.434 e. The molecular formula is C26H19F4N3O3. The van der Waals surface area contributed by atoms with Gasteiger partial charge in [-0.25, -0.2) is 13.9 Å². The molecule has 0 bridgehead atoms. The lowest BCUT2D eigenvalue weighted by Crippen LogP contribution is -2.42. The Morgan fingerprint density at radius 1 is 0.917 bits per heavy atom. The fourth-order valence-electron chi connectivity index (χ4n) is 3.70. The van der Waals surface area contributed by atoms with Gasteiger partial charge in [0, 0.05) is 6.42 Å². The number of carboxylic acid groups (broad SMARTS) is 1. The van der Waals surface area contributed by atoms with Crippen LogP contribution in [0.2, 0.25) is 0 Å². The lowest BCUT2D eigenvalue weighted by atomic mass is 10.0. The summed E-state index contributed by atoms with van der Waals surface area (Å²) in [7, 11) is 0. The van der Waals surface area contributed by atoms with E-state index in [1.165, 1.54) is 0 Å². The van der Waals surface area contributed by atoms with Gasteiger partial charge < -0.3 is 10.4 Å². The van der Waals surface area contributed by atoms with E-state index in [-0.39, 0.29) is 12.1 Å². The first-order chi connectivity index (χ1) is 17.1. The molecule has 0 radical (unpaired) electrons. The van der Waals surface area contributed by atoms with Crippen LogP contribution in [0, 0.1) is 5.82 Å². The van der Waals surface area contributed by atoms with Crippen molar-refractivity contribution >= 4 is 11.9 Å². The second kappa shape index (κ2) is 10.0. The lowest BCUT2D eigenvalue weighted by molar-refractivity contribution is -0.143. The van der Waals surface area contributed by atoms with Gasteiger partial charge >= 0.3 is 12.1 Å². The maximum atomic E-state index is 13.9. The Kier molecular flexibility index (Phi) is 6.86. The van der Waals surface area contributed by atoms with Crippen LogP contribution in [-0.2, 0) is 17.4 Å². The molecule has 1 atom stereocenters. The minimum Gasteiger partial charge on any atom is -0.480 e. The van der Waals surface area contributed by atoms with Gasteiger partial charge in [-0.1, -0.05) is 54.6 Å². The Hall–Kier alpha value is -4.47. The highest BCUT2D eigenvalue weighted by molar-refractivity contribution is 5.97. The number of aliphatic carboxylic acids is 1. The van der Waals surface area contributed by atoms with Gasteiger partial charge in [-0.05, 0) is 41.0 Å². The molecule has 3 aromatic carbocycles. The predicted molar refractivity (Wildman–Crippen MR) is 123 cm³/mol. The molecular weight excluding hydrogens is 478 g/mol. The molecule has 6 nitrogen and oxygen atoms in total. The summed E-state index contributed by atoms with van der Waals surface area (Å²) in [5, 5.41) is 15.4. The fourth-order valence-corrected chi connectivity index (χ4v) is 3.70. The first-order valence-electron chi connectivity index (χ1n) is 10.7. The van der Waals surface area contributed by atoms with Crippen molar-refractivity contribution in [2.24, 2.45) is 0 Å². The number of nitrogens with zero attached hydrogens (tertiary/aromatic N) is 2. The number of hydrogen-bond acceptors (Lipinski definition) is 3. The zero-order chi connectivity index (χ0) is 25.9. The second-order valence-corrected chi connectivity index (χ2v) is 7.92. The average molecular weight is 497 g/mol. The van der Waals surface area contributed by atoms with E-state index in [0.29, 0.717) is 16.4 Å². The minimum absolute atomic E-state index is 0.115. The van der Waals surface area contributed by atoms with E-state index in [0.717, 1.165) is 35.4 Å². The van der Waals surface area contributed by atoms with Crippen LogP contribution >= 0.6 is 0 Å². The molecule has 2 N–H and O–H groups in total. The van der Waals surface area contributed by atoms with Crippen molar-refractivity contribution in [3.8, 4) is 16.8 Å². The molecule has 10 heteroatoms. The Bertz CT molecular complexity index is 1370. The summed E-state index contributed by atoms with van der Waals surface area (Å²) in [6.07, 6.45) is -4.44. The Labute approximate surface area is 202 Å². The monoisotopic (exact) mass is 497 g/mol. The molecule has 36 heavy (non-hydrogen) atoms. The van der Waals surface area contributed by atoms with E-state index >= 15 is 0 Å². The van der Waals surface area contributed by atoms with Crippen LogP contribution in [0.15, 0.2) is 85.1 Å². The number of rotatable bonds is 7. The number of nitrogens with one attached hydrogen (secondary N) is 1. The number of aromatic nitrogens is 2. The largest absolute Gasteiger partial charge is 0.480 e. The SMILES string of the molecule is O=C(NC(Cc1ccc(-c2ccccc2)cc1)C(=O)O)c1cnn(-c2ccc(F)cc2)c1C(F)(F)F. The molecule has 0 spiro atoms. The minimum atomic E-state index is -5.00. The van der Waals surface area contributed by atoms with Crippen molar-refractivity contribution in [2.75, 3.05) is 0 Å². The highest BCUT2D eigenvalue weighted by atomic mass is 19.4. The van der Waals surface area contributed by atoms with Crippen molar-refractivity contribution in [1.82, 2.24) is 15.1 Å². The van der Waals surface area contributed by atoms with Gasteiger partial charge in [-0.2, -0.15) is 18.3 Å². The number of carboxylic acids is 1. The summed E-state index contributed by atoms with van der Waals surface area (Å²) < 4.78 is 55.2. The number of halogens is 4. The van der Waals surface area contributed by atoms with E-state index < -0.39 is 41.2 Å². The molecule has 0 saturated carbocycles. The van der Waals surface area contributed by atoms with Crippen molar-refractivity contribution < 1.29 is 32.3 Å². The van der Waals surface area contributed by atoms with E-state index in [9.17, 15) is 32.3 Å². The summed E-state index contributed by atoms with van der Waals surface area (Å²) >= 11 is 0. The van der Waals surface area contributed by atoms with Crippen LogP contribution < -0.4 is 5.32 Å². The molecule has 0 fully saturated rings. The summed E-state index contributed by atoms with van der Waals surface area (Å²) in [5.41, 5.74) is 0.0697. The Balaban J connectivity index is 1.56. The maximum absolute atomic E-state index is 13.9. The van der Waals surface area contributed by atoms with Crippen molar-refractivity contribution in [2.45, 2.75) is 18.6 Å². The van der Waals surface area contributed by atoms with Gasteiger partial charge in [0.2, 0.25) is 0 Å². The third kappa shape index (κ3) is 5.43. The van der Waals surface area contributed by atoms with E-state index in [4.69, 9.17) is 0 Å². The van der Waals surface area contributed by atoms with Crippen molar-refractivity contribution in [3.05, 3.63) is 108 Å². The predicted octanol–water partition coefficient (Wildman–Crippen LogP) is 5.12. The van der Waals surface area contributed by atoms with Crippen LogP contribution in [0.25, 0.3) is 16.8 Å². The molecule has 4 aromatic rings. The Morgan fingerprint density at radius 2 is 1.53 bits per heavy atom. The molecule has 1 amide bonds. The molecule has 0 aliphatic heterocycles. The number of carbonyl (C=O) groups is 2. The standard InChI is InChI=1S/C26H19F4N3O3/c27-19-10-12-20(13-11-19)33-23(26(28,29)30)21(15-31-33)24(34)32-22(25(35)36)14-16-6-8-18(9-7-16)17-4-2-1-3-5-17/h1-13,15,22H,14H2,(H,32,34)(H,35,36). The highest BCUT2D eigenvalue weighted by Gasteiger charge is 2.41. The molecule has 1 aromatic heterocycles. The fraction of sp³-hybridized carbons (Fsp3) is 0.115. The topological polar surface area (TPSA) is 84.2 Å². The quantitative estimate of drug-likeness (QED) is 0.347. The maximum Gasteiger partial charge on any atom is 0.434 e. The number of amides is 1. The third-order valence-electron chi connectivity index (χ3n) is 5.46. The van der Waals surface area contributed by atoms with Gasteiger partial charge in [0.25, 0.3) is 5.91 Å². The molecule has 184 valence electrons. The average Bonchev–Trinajstić information content (AvgIpc) is 3.31. The Morgan fingerprint density at radius 3 is 2.11 bits per heavy atom. The van der Waals surface area contributed by atoms with E-state index in [1.807, 2.05) is 30.3 Å². The third-order valence-corrected chi connectivity index (χ3v) is 5.46. The number of carbonyl (C=O) groups excluding carboxylic acids is 1. The van der Waals surface area contributed by atoms with Crippen LogP contribution in [-0.4, -0.2) is 32.8 Å². The number of benzene rings is 3. The molecule has 0 aliphatic carbocycles. The zero-order valence-electron chi connectivity index (χ0n) is 18.5. The summed E-state index contributed by atoms with van der Waals surface area (Å²) in [6.45, 7) is 0. The molecule has 0 aliphatic rings. The first kappa shape index (κ1) is 24.6. The number of alkyl halides is 3. The van der Waals surface area contributed by atoms with E-state index in [1.54, 1.807) is 24.3 Å². The van der Waals surface area contributed by atoms with Gasteiger partial charge in [-0.15, -0.1) is 0 Å². The van der Waals surface area contributed by atoms with E-state index in [2.05, 4.69) is 10.4 Å².